The summed E-state index contributed by atoms with van der Waals surface area (Å²) in [6.45, 7) is 9.00. The van der Waals surface area contributed by atoms with Gasteiger partial charge >= 0.3 is 5.97 Å². The van der Waals surface area contributed by atoms with Crippen LogP contribution in [0.3, 0.4) is 0 Å². The molecule has 25 heavy (non-hydrogen) atoms. The minimum Gasteiger partial charge on any atom is -0.491 e. The Morgan fingerprint density at radius 3 is 2.60 bits per heavy atom. The number of esters is 1. The second-order valence-corrected chi connectivity index (χ2v) is 6.98. The lowest BCUT2D eigenvalue weighted by Crippen LogP contribution is -2.42. The normalized spacial score (nSPS) is 17.5. The summed E-state index contributed by atoms with van der Waals surface area (Å²) in [5, 5.41) is 10.3. The van der Waals surface area contributed by atoms with Crippen molar-refractivity contribution in [3.05, 3.63) is 29.8 Å². The molecular formula is C20H31NO4. The van der Waals surface area contributed by atoms with Crippen LogP contribution in [-0.4, -0.2) is 54.9 Å². The molecule has 0 unspecified atom stereocenters. The number of aliphatic hydroxyl groups is 1. The number of likely N-dealkylation sites (tertiary alicyclic amines) is 1. The number of hydrogen-bond donors (Lipinski definition) is 1. The lowest BCUT2D eigenvalue weighted by atomic mass is 9.97. The molecule has 0 aromatic heterocycles. The van der Waals surface area contributed by atoms with E-state index in [2.05, 4.69) is 24.8 Å². The van der Waals surface area contributed by atoms with Crippen LogP contribution in [0.4, 0.5) is 0 Å². The molecule has 5 nitrogen and oxygen atoms in total. The lowest BCUT2D eigenvalue weighted by molar-refractivity contribution is -0.149. The molecule has 1 atom stereocenters. The molecule has 0 saturated carbocycles. The van der Waals surface area contributed by atoms with E-state index in [1.807, 2.05) is 25.1 Å². The summed E-state index contributed by atoms with van der Waals surface area (Å²) in [5.74, 6) is 1.15. The van der Waals surface area contributed by atoms with Gasteiger partial charge < -0.3 is 19.5 Å². The SMILES string of the molecule is CCOC(=O)C1CCN(C[C@@H](O)COc2ccccc2C(C)C)CC1. The van der Waals surface area contributed by atoms with Gasteiger partial charge in [0.1, 0.15) is 18.5 Å². The van der Waals surface area contributed by atoms with Crippen molar-refractivity contribution < 1.29 is 19.4 Å². The van der Waals surface area contributed by atoms with Crippen LogP contribution in [-0.2, 0) is 9.53 Å². The van der Waals surface area contributed by atoms with Crippen LogP contribution in [0.25, 0.3) is 0 Å². The zero-order valence-electron chi connectivity index (χ0n) is 15.6. The van der Waals surface area contributed by atoms with Crippen LogP contribution < -0.4 is 4.74 Å². The Balaban J connectivity index is 1.75. The molecule has 140 valence electrons. The second-order valence-electron chi connectivity index (χ2n) is 6.98. The Hall–Kier alpha value is -1.59. The maximum atomic E-state index is 11.8. The van der Waals surface area contributed by atoms with Crippen molar-refractivity contribution >= 4 is 5.97 Å². The molecule has 0 radical (unpaired) electrons. The number of β-amino-alcohol motifs (C(OH)–C–C–N with tert-alkyl or cyclic N) is 1. The predicted octanol–water partition coefficient (Wildman–Crippen LogP) is 2.82. The van der Waals surface area contributed by atoms with E-state index in [9.17, 15) is 9.90 Å². The largest absolute Gasteiger partial charge is 0.491 e. The zero-order chi connectivity index (χ0) is 18.2. The molecular weight excluding hydrogens is 318 g/mol. The number of carbonyl (C=O) groups excluding carboxylic acids is 1. The Morgan fingerprint density at radius 2 is 1.96 bits per heavy atom. The molecule has 1 aromatic rings. The van der Waals surface area contributed by atoms with Gasteiger partial charge in [-0.3, -0.25) is 4.79 Å². The summed E-state index contributed by atoms with van der Waals surface area (Å²) in [7, 11) is 0. The van der Waals surface area contributed by atoms with E-state index in [-0.39, 0.29) is 18.5 Å². The van der Waals surface area contributed by atoms with Crippen LogP contribution in [0.1, 0.15) is 45.1 Å². The molecule has 1 aromatic carbocycles. The van der Waals surface area contributed by atoms with Crippen LogP contribution >= 0.6 is 0 Å². The summed E-state index contributed by atoms with van der Waals surface area (Å²) in [6.07, 6.45) is 1.05. The maximum Gasteiger partial charge on any atom is 0.309 e. The highest BCUT2D eigenvalue weighted by molar-refractivity contribution is 5.72. The highest BCUT2D eigenvalue weighted by Crippen LogP contribution is 2.26. The molecule has 1 N–H and O–H groups in total. The first-order valence-corrected chi connectivity index (χ1v) is 9.30. The Morgan fingerprint density at radius 1 is 1.28 bits per heavy atom. The highest BCUT2D eigenvalue weighted by atomic mass is 16.5. The highest BCUT2D eigenvalue weighted by Gasteiger charge is 2.26. The quantitative estimate of drug-likeness (QED) is 0.731. The van der Waals surface area contributed by atoms with E-state index in [1.54, 1.807) is 0 Å². The molecule has 1 aliphatic rings. The van der Waals surface area contributed by atoms with Gasteiger partial charge in [-0.15, -0.1) is 0 Å². The van der Waals surface area contributed by atoms with E-state index in [1.165, 1.54) is 0 Å². The van der Waals surface area contributed by atoms with Crippen molar-refractivity contribution in [1.82, 2.24) is 4.90 Å². The van der Waals surface area contributed by atoms with Crippen LogP contribution in [0, 0.1) is 5.92 Å². The lowest BCUT2D eigenvalue weighted by Gasteiger charge is -2.32. The molecule has 1 heterocycles. The Labute approximate surface area is 150 Å². The fraction of sp³-hybridized carbons (Fsp3) is 0.650. The zero-order valence-corrected chi connectivity index (χ0v) is 15.6. The van der Waals surface area contributed by atoms with Crippen molar-refractivity contribution in [1.29, 1.82) is 0 Å². The fourth-order valence-electron chi connectivity index (χ4n) is 3.24. The van der Waals surface area contributed by atoms with Gasteiger partial charge in [-0.1, -0.05) is 32.0 Å². The molecule has 5 heteroatoms. The average Bonchev–Trinajstić information content (AvgIpc) is 2.61. The summed E-state index contributed by atoms with van der Waals surface area (Å²) < 4.78 is 10.9. The van der Waals surface area contributed by atoms with E-state index in [4.69, 9.17) is 9.47 Å². The maximum absolute atomic E-state index is 11.8. The smallest absolute Gasteiger partial charge is 0.309 e. The van der Waals surface area contributed by atoms with Crippen LogP contribution in [0.2, 0.25) is 0 Å². The van der Waals surface area contributed by atoms with Gasteiger partial charge in [-0.05, 0) is 50.4 Å². The van der Waals surface area contributed by atoms with Crippen LogP contribution in [0.15, 0.2) is 24.3 Å². The monoisotopic (exact) mass is 349 g/mol. The van der Waals surface area contributed by atoms with E-state index in [0.29, 0.717) is 19.1 Å². The van der Waals surface area contributed by atoms with Gasteiger partial charge in [0, 0.05) is 6.54 Å². The first kappa shape index (κ1) is 19.7. The summed E-state index contributed by atoms with van der Waals surface area (Å²) in [6, 6.07) is 7.97. The topological polar surface area (TPSA) is 59.0 Å². The minimum atomic E-state index is -0.542. The fourth-order valence-corrected chi connectivity index (χ4v) is 3.24. The minimum absolute atomic E-state index is 0.00233. The van der Waals surface area contributed by atoms with Gasteiger partial charge in [0.25, 0.3) is 0 Å². The molecule has 1 saturated heterocycles. The molecule has 0 amide bonds. The number of para-hydroxylation sites is 1. The van der Waals surface area contributed by atoms with E-state index < -0.39 is 6.10 Å². The third-order valence-corrected chi connectivity index (χ3v) is 4.65. The predicted molar refractivity (Wildman–Crippen MR) is 97.8 cm³/mol. The van der Waals surface area contributed by atoms with Crippen molar-refractivity contribution in [2.75, 3.05) is 32.8 Å². The third kappa shape index (κ3) is 6.01. The number of carbonyl (C=O) groups is 1. The van der Waals surface area contributed by atoms with Gasteiger partial charge in [0.15, 0.2) is 0 Å². The van der Waals surface area contributed by atoms with Gasteiger partial charge in [-0.25, -0.2) is 0 Å². The number of benzene rings is 1. The number of piperidine rings is 1. The van der Waals surface area contributed by atoms with Crippen molar-refractivity contribution in [3.63, 3.8) is 0 Å². The molecule has 2 rings (SSSR count). The number of hydrogen-bond acceptors (Lipinski definition) is 5. The average molecular weight is 349 g/mol. The summed E-state index contributed by atoms with van der Waals surface area (Å²) in [4.78, 5) is 14.0. The molecule has 1 aliphatic heterocycles. The molecule has 1 fully saturated rings. The molecule has 0 aliphatic carbocycles. The Bertz CT molecular complexity index is 538. The molecule has 0 spiro atoms. The Kier molecular flexibility index (Phi) is 7.72. The van der Waals surface area contributed by atoms with Crippen LogP contribution in [0.5, 0.6) is 5.75 Å². The number of rotatable bonds is 8. The van der Waals surface area contributed by atoms with E-state index >= 15 is 0 Å². The number of nitrogens with zero attached hydrogens (tertiary/aromatic N) is 1. The van der Waals surface area contributed by atoms with Crippen molar-refractivity contribution in [2.45, 2.75) is 45.6 Å². The summed E-state index contributed by atoms with van der Waals surface area (Å²) >= 11 is 0. The summed E-state index contributed by atoms with van der Waals surface area (Å²) in [5.41, 5.74) is 1.16. The van der Waals surface area contributed by atoms with Crippen molar-refractivity contribution in [2.24, 2.45) is 5.92 Å². The number of ether oxygens (including phenoxy) is 2. The first-order chi connectivity index (χ1) is 12.0. The molecule has 0 bridgehead atoms. The van der Waals surface area contributed by atoms with Crippen molar-refractivity contribution in [3.8, 4) is 5.75 Å². The van der Waals surface area contributed by atoms with Gasteiger partial charge in [-0.2, -0.15) is 0 Å². The van der Waals surface area contributed by atoms with E-state index in [0.717, 1.165) is 37.2 Å². The number of aliphatic hydroxyl groups excluding tert-OH is 1. The standard InChI is InChI=1S/C20H31NO4/c1-4-24-20(23)16-9-11-21(12-10-16)13-17(22)14-25-19-8-6-5-7-18(19)15(2)3/h5-8,15-17,22H,4,9-14H2,1-3H3/t17-/m1/s1. The van der Waals surface area contributed by atoms with Gasteiger partial charge in [0.2, 0.25) is 0 Å². The second kappa shape index (κ2) is 9.78. The van der Waals surface area contributed by atoms with Gasteiger partial charge in [0.05, 0.1) is 12.5 Å². The third-order valence-electron chi connectivity index (χ3n) is 4.65. The first-order valence-electron chi connectivity index (χ1n) is 9.30.